The van der Waals surface area contributed by atoms with E-state index in [4.69, 9.17) is 16.3 Å². The molecule has 0 radical (unpaired) electrons. The zero-order chi connectivity index (χ0) is 15.1. The standard InChI is InChI=1S/C18H17ClN2O/c1-22-16-7-6-11(19)10-14(16)17-18-13(8-9-20-17)12-4-2-3-5-15(12)21-18/h2-7,10,17,20-21H,8-9H2,1H3. The van der Waals surface area contributed by atoms with E-state index in [-0.39, 0.29) is 6.04 Å². The minimum Gasteiger partial charge on any atom is -0.496 e. The first kappa shape index (κ1) is 13.7. The number of rotatable bonds is 2. The van der Waals surface area contributed by atoms with Gasteiger partial charge in [-0.25, -0.2) is 0 Å². The summed E-state index contributed by atoms with van der Waals surface area (Å²) in [6, 6.07) is 14.3. The number of hydrogen-bond acceptors (Lipinski definition) is 2. The summed E-state index contributed by atoms with van der Waals surface area (Å²) < 4.78 is 5.53. The summed E-state index contributed by atoms with van der Waals surface area (Å²) >= 11 is 6.21. The van der Waals surface area contributed by atoms with Crippen LogP contribution in [0.1, 0.15) is 22.9 Å². The number of hydrogen-bond donors (Lipinski definition) is 2. The highest BCUT2D eigenvalue weighted by Gasteiger charge is 2.27. The van der Waals surface area contributed by atoms with Crippen molar-refractivity contribution in [1.82, 2.24) is 10.3 Å². The lowest BCUT2D eigenvalue weighted by atomic mass is 9.94. The molecule has 0 fully saturated rings. The molecule has 2 heterocycles. The lowest BCUT2D eigenvalue weighted by Crippen LogP contribution is -2.30. The number of ether oxygens (including phenoxy) is 1. The van der Waals surface area contributed by atoms with Gasteiger partial charge in [0.25, 0.3) is 0 Å². The number of H-pyrrole nitrogens is 1. The van der Waals surface area contributed by atoms with E-state index in [0.29, 0.717) is 0 Å². The molecule has 2 N–H and O–H groups in total. The zero-order valence-electron chi connectivity index (χ0n) is 12.3. The highest BCUT2D eigenvalue weighted by molar-refractivity contribution is 6.30. The van der Waals surface area contributed by atoms with E-state index in [1.807, 2.05) is 18.2 Å². The second-order valence-corrected chi connectivity index (χ2v) is 6.02. The molecule has 1 atom stereocenters. The maximum absolute atomic E-state index is 6.21. The average Bonchev–Trinajstić information content (AvgIpc) is 2.93. The van der Waals surface area contributed by atoms with E-state index in [1.165, 1.54) is 22.2 Å². The van der Waals surface area contributed by atoms with Crippen LogP contribution < -0.4 is 10.1 Å². The van der Waals surface area contributed by atoms with Crippen molar-refractivity contribution in [3.8, 4) is 5.75 Å². The molecule has 3 nitrogen and oxygen atoms in total. The van der Waals surface area contributed by atoms with Gasteiger partial charge in [0.05, 0.1) is 13.2 Å². The van der Waals surface area contributed by atoms with Crippen LogP contribution in [-0.4, -0.2) is 18.6 Å². The fourth-order valence-corrected chi connectivity index (χ4v) is 3.56. The van der Waals surface area contributed by atoms with Crippen molar-refractivity contribution in [1.29, 1.82) is 0 Å². The Kier molecular flexibility index (Phi) is 3.32. The second kappa shape index (κ2) is 5.34. The quantitative estimate of drug-likeness (QED) is 0.748. The van der Waals surface area contributed by atoms with Crippen molar-refractivity contribution in [2.45, 2.75) is 12.5 Å². The molecule has 0 amide bonds. The smallest absolute Gasteiger partial charge is 0.124 e. The van der Waals surface area contributed by atoms with Gasteiger partial charge in [0, 0.05) is 33.7 Å². The lowest BCUT2D eigenvalue weighted by Gasteiger charge is -2.26. The molecule has 1 unspecified atom stereocenters. The average molecular weight is 313 g/mol. The van der Waals surface area contributed by atoms with Gasteiger partial charge in [-0.05, 0) is 36.2 Å². The Hall–Kier alpha value is -1.97. The maximum Gasteiger partial charge on any atom is 0.124 e. The van der Waals surface area contributed by atoms with Crippen LogP contribution in [-0.2, 0) is 6.42 Å². The maximum atomic E-state index is 6.21. The molecular weight excluding hydrogens is 296 g/mol. The molecule has 1 aromatic heterocycles. The largest absolute Gasteiger partial charge is 0.496 e. The van der Waals surface area contributed by atoms with E-state index >= 15 is 0 Å². The van der Waals surface area contributed by atoms with Gasteiger partial charge in [0.2, 0.25) is 0 Å². The number of fused-ring (bicyclic) bond motifs is 3. The van der Waals surface area contributed by atoms with E-state index in [1.54, 1.807) is 7.11 Å². The van der Waals surface area contributed by atoms with Gasteiger partial charge in [-0.3, -0.25) is 0 Å². The van der Waals surface area contributed by atoms with Crippen molar-refractivity contribution < 1.29 is 4.74 Å². The van der Waals surface area contributed by atoms with E-state index < -0.39 is 0 Å². The monoisotopic (exact) mass is 312 g/mol. The van der Waals surface area contributed by atoms with Gasteiger partial charge >= 0.3 is 0 Å². The normalized spacial score (nSPS) is 17.5. The number of methoxy groups -OCH3 is 1. The number of para-hydroxylation sites is 1. The molecule has 4 heteroatoms. The van der Waals surface area contributed by atoms with Crippen LogP contribution in [0.4, 0.5) is 0 Å². The molecule has 2 aromatic carbocycles. The first-order chi connectivity index (χ1) is 10.8. The minimum absolute atomic E-state index is 0.0739. The molecule has 0 bridgehead atoms. The Labute approximate surface area is 134 Å². The molecule has 3 aromatic rings. The highest BCUT2D eigenvalue weighted by Crippen LogP contribution is 2.37. The third-order valence-electron chi connectivity index (χ3n) is 4.36. The van der Waals surface area contributed by atoms with E-state index in [0.717, 1.165) is 29.3 Å². The molecule has 112 valence electrons. The number of nitrogens with one attached hydrogen (secondary N) is 2. The van der Waals surface area contributed by atoms with Crippen LogP contribution in [0.25, 0.3) is 10.9 Å². The molecule has 4 rings (SSSR count). The Morgan fingerprint density at radius 1 is 1.18 bits per heavy atom. The van der Waals surface area contributed by atoms with Gasteiger partial charge in [0.15, 0.2) is 0 Å². The molecular formula is C18H17ClN2O. The third kappa shape index (κ3) is 2.09. The Morgan fingerprint density at radius 3 is 2.91 bits per heavy atom. The van der Waals surface area contributed by atoms with Crippen molar-refractivity contribution in [3.05, 3.63) is 64.3 Å². The van der Waals surface area contributed by atoms with Gasteiger partial charge in [-0.1, -0.05) is 29.8 Å². The SMILES string of the molecule is COc1ccc(Cl)cc1C1NCCc2c1[nH]c1ccccc21. The fraction of sp³-hybridized carbons (Fsp3) is 0.222. The first-order valence-corrected chi connectivity index (χ1v) is 7.82. The van der Waals surface area contributed by atoms with E-state index in [2.05, 4.69) is 34.6 Å². The lowest BCUT2D eigenvalue weighted by molar-refractivity contribution is 0.402. The van der Waals surface area contributed by atoms with Crippen molar-refractivity contribution in [3.63, 3.8) is 0 Å². The molecule has 0 spiro atoms. The molecule has 1 aliphatic heterocycles. The summed E-state index contributed by atoms with van der Waals surface area (Å²) in [5.41, 5.74) is 4.86. The Bertz CT molecular complexity index is 840. The number of aromatic amines is 1. The van der Waals surface area contributed by atoms with Gasteiger partial charge in [-0.15, -0.1) is 0 Å². The zero-order valence-corrected chi connectivity index (χ0v) is 13.1. The molecule has 0 saturated heterocycles. The predicted octanol–water partition coefficient (Wildman–Crippen LogP) is 4.07. The van der Waals surface area contributed by atoms with Crippen LogP contribution in [0.15, 0.2) is 42.5 Å². The summed E-state index contributed by atoms with van der Waals surface area (Å²) in [5.74, 6) is 0.855. The van der Waals surface area contributed by atoms with Gasteiger partial charge in [-0.2, -0.15) is 0 Å². The van der Waals surface area contributed by atoms with E-state index in [9.17, 15) is 0 Å². The third-order valence-corrected chi connectivity index (χ3v) is 4.60. The van der Waals surface area contributed by atoms with Crippen LogP contribution in [0, 0.1) is 0 Å². The molecule has 0 saturated carbocycles. The van der Waals surface area contributed by atoms with Gasteiger partial charge in [0.1, 0.15) is 5.75 Å². The van der Waals surface area contributed by atoms with Gasteiger partial charge < -0.3 is 15.0 Å². The Balaban J connectivity index is 1.91. The highest BCUT2D eigenvalue weighted by atomic mass is 35.5. The summed E-state index contributed by atoms with van der Waals surface area (Å²) in [6.07, 6.45) is 1.03. The Morgan fingerprint density at radius 2 is 2.05 bits per heavy atom. The summed E-state index contributed by atoms with van der Waals surface area (Å²) in [7, 11) is 1.70. The molecule has 1 aliphatic rings. The second-order valence-electron chi connectivity index (χ2n) is 5.59. The summed E-state index contributed by atoms with van der Waals surface area (Å²) in [5, 5.41) is 5.62. The number of halogens is 1. The summed E-state index contributed by atoms with van der Waals surface area (Å²) in [4.78, 5) is 3.57. The number of benzene rings is 2. The minimum atomic E-state index is 0.0739. The van der Waals surface area contributed by atoms with Crippen LogP contribution in [0.3, 0.4) is 0 Å². The number of aromatic nitrogens is 1. The predicted molar refractivity (Wildman–Crippen MR) is 89.9 cm³/mol. The van der Waals surface area contributed by atoms with Crippen molar-refractivity contribution in [2.75, 3.05) is 13.7 Å². The fourth-order valence-electron chi connectivity index (χ4n) is 3.38. The molecule has 0 aliphatic carbocycles. The summed E-state index contributed by atoms with van der Waals surface area (Å²) in [6.45, 7) is 0.940. The van der Waals surface area contributed by atoms with Crippen molar-refractivity contribution >= 4 is 22.5 Å². The van der Waals surface area contributed by atoms with Crippen molar-refractivity contribution in [2.24, 2.45) is 0 Å². The topological polar surface area (TPSA) is 37.0 Å². The van der Waals surface area contributed by atoms with Crippen LogP contribution in [0.2, 0.25) is 5.02 Å². The first-order valence-electron chi connectivity index (χ1n) is 7.44. The van der Waals surface area contributed by atoms with Crippen LogP contribution >= 0.6 is 11.6 Å². The van der Waals surface area contributed by atoms with Crippen LogP contribution in [0.5, 0.6) is 5.75 Å². The molecule has 22 heavy (non-hydrogen) atoms.